The lowest BCUT2D eigenvalue weighted by atomic mass is 10.1. The van der Waals surface area contributed by atoms with Gasteiger partial charge in [-0.1, -0.05) is 0 Å². The van der Waals surface area contributed by atoms with Gasteiger partial charge >= 0.3 is 0 Å². The lowest BCUT2D eigenvalue weighted by molar-refractivity contribution is 0.263. The molecule has 2 N–H and O–H groups in total. The van der Waals surface area contributed by atoms with Crippen LogP contribution in [0, 0.1) is 5.92 Å². The minimum Gasteiger partial charge on any atom is -0.492 e. The zero-order valence-electron chi connectivity index (χ0n) is 12.1. The Morgan fingerprint density at radius 1 is 1.32 bits per heavy atom. The Morgan fingerprint density at radius 2 is 2.23 bits per heavy atom. The molecule has 1 saturated heterocycles. The van der Waals surface area contributed by atoms with Crippen molar-refractivity contribution in [3.05, 3.63) is 37.2 Å². The Labute approximate surface area is 129 Å². The average molecular weight is 297 g/mol. The minimum absolute atomic E-state index is 0. The molecule has 0 amide bonds. The molecule has 0 aliphatic carbocycles. The first kappa shape index (κ1) is 13.2. The van der Waals surface area contributed by atoms with Gasteiger partial charge in [0.2, 0.25) is 0 Å². The third kappa shape index (κ3) is 2.42. The Kier molecular flexibility index (Phi) is 3.44. The molecule has 0 unspecified atom stereocenters. The summed E-state index contributed by atoms with van der Waals surface area (Å²) in [6, 6.07) is 1.92. The van der Waals surface area contributed by atoms with E-state index in [1.807, 2.05) is 12.3 Å². The Bertz CT molecular complexity index is 770. The van der Waals surface area contributed by atoms with Crippen LogP contribution < -0.4 is 10.1 Å². The van der Waals surface area contributed by atoms with Gasteiger partial charge in [0.05, 0.1) is 12.0 Å². The third-order valence-electron chi connectivity index (χ3n) is 4.04. The predicted molar refractivity (Wildman–Crippen MR) is 85.7 cm³/mol. The van der Waals surface area contributed by atoms with Crippen molar-refractivity contribution in [2.45, 2.75) is 6.42 Å². The molecule has 1 atom stereocenters. The summed E-state index contributed by atoms with van der Waals surface area (Å²) in [5.74, 6) is 1.43. The van der Waals surface area contributed by atoms with E-state index < -0.39 is 0 Å². The van der Waals surface area contributed by atoms with E-state index in [1.54, 1.807) is 18.6 Å². The normalized spacial score (nSPS) is 17.9. The molecule has 4 heterocycles. The quantitative estimate of drug-likeness (QED) is 0.772. The van der Waals surface area contributed by atoms with Gasteiger partial charge in [-0.2, -0.15) is 0 Å². The molecule has 114 valence electrons. The first-order valence-corrected chi connectivity index (χ1v) is 7.47. The van der Waals surface area contributed by atoms with Crippen LogP contribution in [0.15, 0.2) is 37.2 Å². The maximum absolute atomic E-state index is 6.08. The van der Waals surface area contributed by atoms with Crippen molar-refractivity contribution in [1.29, 1.82) is 0 Å². The van der Waals surface area contributed by atoms with Gasteiger partial charge in [0.25, 0.3) is 0 Å². The van der Waals surface area contributed by atoms with E-state index in [0.717, 1.165) is 47.6 Å². The highest BCUT2D eigenvalue weighted by Crippen LogP contribution is 2.34. The van der Waals surface area contributed by atoms with E-state index in [0.29, 0.717) is 5.92 Å². The summed E-state index contributed by atoms with van der Waals surface area (Å²) >= 11 is 0. The third-order valence-corrected chi connectivity index (χ3v) is 4.04. The van der Waals surface area contributed by atoms with Crippen molar-refractivity contribution in [3.63, 3.8) is 0 Å². The molecule has 0 radical (unpaired) electrons. The first-order valence-electron chi connectivity index (χ1n) is 7.47. The van der Waals surface area contributed by atoms with Crippen LogP contribution in [0.1, 0.15) is 7.85 Å². The fraction of sp³-hybridized carbons (Fsp3) is 0.312. The number of hydrogen-bond donors (Lipinski definition) is 2. The molecule has 4 rings (SSSR count). The van der Waals surface area contributed by atoms with Gasteiger partial charge in [0, 0.05) is 49.8 Å². The standard InChI is InChI=1S/C16H17N5O.H2/c1-3-17-5-11(1)9-22-14-2-4-20-16-15(14)13(8-21-16)12-6-18-10-19-7-12;/h2,4,6-8,10-11,17H,1,3,5,9H2,(H,20,21);1H/t11-;/m1./s1. The van der Waals surface area contributed by atoms with Crippen molar-refractivity contribution in [1.82, 2.24) is 25.3 Å². The molecule has 0 spiro atoms. The van der Waals surface area contributed by atoms with Gasteiger partial charge in [0.1, 0.15) is 17.7 Å². The number of nitrogens with one attached hydrogen (secondary N) is 2. The van der Waals surface area contributed by atoms with Crippen LogP contribution in [0.25, 0.3) is 22.2 Å². The SMILES string of the molecule is [HH].c1ncc(-c2c[nH]c3nccc(OC[C@@H]4CCNC4)c23)cn1. The van der Waals surface area contributed by atoms with Crippen LogP contribution in [-0.4, -0.2) is 39.6 Å². The molecule has 3 aromatic heterocycles. The molecule has 6 heteroatoms. The topological polar surface area (TPSA) is 75.7 Å². The number of rotatable bonds is 4. The molecule has 1 aliphatic rings. The van der Waals surface area contributed by atoms with E-state index in [2.05, 4.69) is 25.3 Å². The molecular formula is C16H19N5O. The number of H-pyrrole nitrogens is 1. The van der Waals surface area contributed by atoms with Crippen LogP contribution in [-0.2, 0) is 0 Å². The van der Waals surface area contributed by atoms with Gasteiger partial charge in [-0.05, 0) is 19.0 Å². The maximum atomic E-state index is 6.08. The molecule has 3 aromatic rings. The number of aromatic amines is 1. The highest BCUT2D eigenvalue weighted by atomic mass is 16.5. The van der Waals surface area contributed by atoms with E-state index in [1.165, 1.54) is 12.7 Å². The lowest BCUT2D eigenvalue weighted by Gasteiger charge is -2.12. The van der Waals surface area contributed by atoms with E-state index in [-0.39, 0.29) is 1.43 Å². The van der Waals surface area contributed by atoms with Gasteiger partial charge in [-0.25, -0.2) is 15.0 Å². The van der Waals surface area contributed by atoms with Crippen molar-refractivity contribution >= 4 is 11.0 Å². The van der Waals surface area contributed by atoms with E-state index in [4.69, 9.17) is 4.74 Å². The number of fused-ring (bicyclic) bond motifs is 1. The summed E-state index contributed by atoms with van der Waals surface area (Å²) in [6.45, 7) is 2.83. The van der Waals surface area contributed by atoms with Crippen molar-refractivity contribution in [2.75, 3.05) is 19.7 Å². The highest BCUT2D eigenvalue weighted by molar-refractivity contribution is 5.97. The van der Waals surface area contributed by atoms with Crippen LogP contribution in [0.5, 0.6) is 5.75 Å². The predicted octanol–water partition coefficient (Wildman–Crippen LogP) is 2.25. The number of hydrogen-bond acceptors (Lipinski definition) is 5. The Morgan fingerprint density at radius 3 is 3.05 bits per heavy atom. The van der Waals surface area contributed by atoms with Gasteiger partial charge in [0.15, 0.2) is 0 Å². The summed E-state index contributed by atoms with van der Waals surface area (Å²) in [5.41, 5.74) is 2.79. The number of pyridine rings is 1. The van der Waals surface area contributed by atoms with E-state index in [9.17, 15) is 0 Å². The second-order valence-corrected chi connectivity index (χ2v) is 5.53. The summed E-state index contributed by atoms with van der Waals surface area (Å²) in [6.07, 6.45) is 10.00. The zero-order chi connectivity index (χ0) is 14.8. The van der Waals surface area contributed by atoms with Crippen LogP contribution in [0.2, 0.25) is 0 Å². The van der Waals surface area contributed by atoms with Gasteiger partial charge in [-0.15, -0.1) is 0 Å². The van der Waals surface area contributed by atoms with Crippen molar-refractivity contribution < 1.29 is 6.16 Å². The maximum Gasteiger partial charge on any atom is 0.141 e. The fourth-order valence-electron chi connectivity index (χ4n) is 2.88. The van der Waals surface area contributed by atoms with Gasteiger partial charge in [-0.3, -0.25) is 0 Å². The second kappa shape index (κ2) is 5.73. The van der Waals surface area contributed by atoms with Crippen LogP contribution in [0.3, 0.4) is 0 Å². The Balaban J connectivity index is 0.00000156. The van der Waals surface area contributed by atoms with E-state index >= 15 is 0 Å². The summed E-state index contributed by atoms with van der Waals surface area (Å²) in [4.78, 5) is 15.8. The van der Waals surface area contributed by atoms with Crippen LogP contribution in [0.4, 0.5) is 0 Å². The average Bonchev–Trinajstić information content (AvgIpc) is 3.23. The second-order valence-electron chi connectivity index (χ2n) is 5.53. The fourth-order valence-corrected chi connectivity index (χ4v) is 2.88. The largest absolute Gasteiger partial charge is 0.492 e. The molecule has 6 nitrogen and oxygen atoms in total. The highest BCUT2D eigenvalue weighted by Gasteiger charge is 2.17. The van der Waals surface area contributed by atoms with Gasteiger partial charge < -0.3 is 15.0 Å². The monoisotopic (exact) mass is 297 g/mol. The molecule has 1 aliphatic heterocycles. The summed E-state index contributed by atoms with van der Waals surface area (Å²) in [5, 5.41) is 4.35. The van der Waals surface area contributed by atoms with Crippen molar-refractivity contribution in [2.24, 2.45) is 5.92 Å². The smallest absolute Gasteiger partial charge is 0.141 e. The molecule has 0 bridgehead atoms. The number of aromatic nitrogens is 4. The minimum atomic E-state index is 0. The molecule has 22 heavy (non-hydrogen) atoms. The number of nitrogens with zero attached hydrogens (tertiary/aromatic N) is 3. The molecular weight excluding hydrogens is 278 g/mol. The zero-order valence-corrected chi connectivity index (χ0v) is 12.1. The number of ether oxygens (including phenoxy) is 1. The molecule has 1 fully saturated rings. The molecule has 0 aromatic carbocycles. The molecule has 0 saturated carbocycles. The van der Waals surface area contributed by atoms with Crippen LogP contribution >= 0.6 is 0 Å². The first-order chi connectivity index (χ1) is 10.9. The lowest BCUT2D eigenvalue weighted by Crippen LogP contribution is -2.15. The summed E-state index contributed by atoms with van der Waals surface area (Å²) < 4.78 is 6.08. The summed E-state index contributed by atoms with van der Waals surface area (Å²) in [7, 11) is 0. The van der Waals surface area contributed by atoms with Crippen molar-refractivity contribution in [3.8, 4) is 16.9 Å². The Hall–Kier alpha value is -2.47.